The van der Waals surface area contributed by atoms with Crippen molar-refractivity contribution in [3.8, 4) is 0 Å². The number of pyridine rings is 1. The number of carbonyl (C=O) groups is 1. The Morgan fingerprint density at radius 2 is 1.91 bits per heavy atom. The topological polar surface area (TPSA) is 147 Å². The van der Waals surface area contributed by atoms with Gasteiger partial charge in [0.1, 0.15) is 32.0 Å². The molecule has 2 N–H and O–H groups in total. The minimum atomic E-state index is -3.10. The number of hydrogen-bond donors (Lipinski definition) is 2. The van der Waals surface area contributed by atoms with Crippen molar-refractivity contribution in [3.63, 3.8) is 0 Å². The van der Waals surface area contributed by atoms with Gasteiger partial charge in [-0.2, -0.15) is 0 Å². The van der Waals surface area contributed by atoms with Crippen molar-refractivity contribution in [1.82, 2.24) is 20.3 Å². The highest BCUT2D eigenvalue weighted by Crippen LogP contribution is 2.44. The second-order valence-electron chi connectivity index (χ2n) is 13.9. The van der Waals surface area contributed by atoms with E-state index in [4.69, 9.17) is 31.0 Å². The molecule has 2 aromatic heterocycles. The van der Waals surface area contributed by atoms with E-state index in [2.05, 4.69) is 15.2 Å². The molecular weight excluding hydrogens is 640 g/mol. The van der Waals surface area contributed by atoms with E-state index in [1.54, 1.807) is 18.5 Å². The monoisotopic (exact) mass is 682 g/mol. The first-order valence-electron chi connectivity index (χ1n) is 15.1. The summed E-state index contributed by atoms with van der Waals surface area (Å²) in [4.78, 5) is 31.3. The van der Waals surface area contributed by atoms with Crippen molar-refractivity contribution in [2.75, 3.05) is 54.6 Å². The highest BCUT2D eigenvalue weighted by molar-refractivity contribution is 7.99. The van der Waals surface area contributed by atoms with E-state index in [0.29, 0.717) is 60.2 Å². The summed E-state index contributed by atoms with van der Waals surface area (Å²) in [7, 11) is -3.10. The number of rotatable bonds is 8. The molecular formula is C30H43ClN6O6S2. The summed E-state index contributed by atoms with van der Waals surface area (Å²) in [6, 6.07) is 1.63. The van der Waals surface area contributed by atoms with Crippen molar-refractivity contribution in [2.24, 2.45) is 10.8 Å². The fraction of sp³-hybridized carbons (Fsp3) is 0.667. The lowest BCUT2D eigenvalue weighted by molar-refractivity contribution is 0.0434. The van der Waals surface area contributed by atoms with Gasteiger partial charge in [-0.05, 0) is 46.6 Å². The molecule has 0 aliphatic carbocycles. The van der Waals surface area contributed by atoms with E-state index >= 15 is 0 Å². The van der Waals surface area contributed by atoms with E-state index in [0.717, 1.165) is 17.7 Å². The molecule has 2 atom stereocenters. The van der Waals surface area contributed by atoms with Gasteiger partial charge in [0.25, 0.3) is 0 Å². The summed E-state index contributed by atoms with van der Waals surface area (Å²) in [5.74, 6) is 1.35. The summed E-state index contributed by atoms with van der Waals surface area (Å²) in [6.45, 7) is 12.2. The number of carbonyl (C=O) groups excluding carboxylic acids is 1. The average Bonchev–Trinajstić information content (AvgIpc) is 3.21. The summed E-state index contributed by atoms with van der Waals surface area (Å²) in [6.07, 6.45) is 5.58. The Morgan fingerprint density at radius 3 is 2.53 bits per heavy atom. The lowest BCUT2D eigenvalue weighted by Crippen LogP contribution is -2.58. The molecule has 3 saturated heterocycles. The summed E-state index contributed by atoms with van der Waals surface area (Å²) in [5, 5.41) is 14.4. The number of halogens is 1. The van der Waals surface area contributed by atoms with Gasteiger partial charge in [-0.3, -0.25) is 0 Å². The Bertz CT molecular complexity index is 1520. The average molecular weight is 683 g/mol. The molecule has 0 unspecified atom stereocenters. The van der Waals surface area contributed by atoms with Crippen LogP contribution in [0.1, 0.15) is 53.2 Å². The number of anilines is 2. The smallest absolute Gasteiger partial charge is 0.407 e. The third-order valence-corrected chi connectivity index (χ3v) is 11.2. The number of aromatic nitrogens is 3. The molecule has 5 heterocycles. The second kappa shape index (κ2) is 12.7. The Balaban J connectivity index is 1.24. The van der Waals surface area contributed by atoms with Gasteiger partial charge in [-0.15, -0.1) is 0 Å². The molecule has 1 amide bonds. The summed E-state index contributed by atoms with van der Waals surface area (Å²) < 4.78 is 35.2. The number of hydrogen-bond acceptors (Lipinski definition) is 12. The van der Waals surface area contributed by atoms with Crippen LogP contribution in [-0.2, 0) is 25.9 Å². The first-order valence-corrected chi connectivity index (χ1v) is 18.3. The predicted molar refractivity (Wildman–Crippen MR) is 174 cm³/mol. The fourth-order valence-corrected chi connectivity index (χ4v) is 9.30. The van der Waals surface area contributed by atoms with Gasteiger partial charge < -0.3 is 29.7 Å². The number of amides is 1. The van der Waals surface area contributed by atoms with E-state index in [1.807, 2.05) is 39.5 Å². The molecule has 45 heavy (non-hydrogen) atoms. The minimum absolute atomic E-state index is 0.114. The van der Waals surface area contributed by atoms with Crippen LogP contribution in [0.3, 0.4) is 0 Å². The lowest BCUT2D eigenvalue weighted by Gasteiger charge is -2.48. The van der Waals surface area contributed by atoms with Crippen LogP contribution in [0.15, 0.2) is 28.4 Å². The van der Waals surface area contributed by atoms with Gasteiger partial charge in [0.05, 0.1) is 42.3 Å². The number of alkyl carbamates (subject to hydrolysis) is 1. The van der Waals surface area contributed by atoms with Crippen LogP contribution in [0, 0.1) is 10.8 Å². The van der Waals surface area contributed by atoms with Crippen LogP contribution >= 0.6 is 23.4 Å². The SMILES string of the molecule is C[C@@H]1OCC2(CCN(c3ncc(Sc4ccnc(N5CC(C)(CS(C)(=O)=O)C5)c4Cl)nc3CO)CC2)[C@@H]1NC(=O)OC(C)(C)C. The normalized spacial score (nSPS) is 22.8. The molecule has 248 valence electrons. The van der Waals surface area contributed by atoms with Crippen molar-refractivity contribution in [1.29, 1.82) is 0 Å². The molecule has 1 spiro atoms. The number of nitrogens with one attached hydrogen (secondary N) is 1. The second-order valence-corrected chi connectivity index (χ2v) is 17.5. The molecule has 2 aromatic rings. The third kappa shape index (κ3) is 7.78. The highest BCUT2D eigenvalue weighted by Gasteiger charge is 2.51. The van der Waals surface area contributed by atoms with Crippen molar-refractivity contribution >= 4 is 50.9 Å². The molecule has 0 radical (unpaired) electrons. The Labute approximate surface area is 274 Å². The van der Waals surface area contributed by atoms with Crippen molar-refractivity contribution in [2.45, 2.75) is 81.7 Å². The number of aliphatic hydroxyl groups excluding tert-OH is 1. The van der Waals surface area contributed by atoms with Crippen molar-refractivity contribution < 1.29 is 27.8 Å². The number of nitrogens with zero attached hydrogens (tertiary/aromatic N) is 5. The van der Waals surface area contributed by atoms with Gasteiger partial charge in [0, 0.05) is 54.4 Å². The molecule has 0 bridgehead atoms. The Morgan fingerprint density at radius 1 is 1.22 bits per heavy atom. The zero-order valence-corrected chi connectivity index (χ0v) is 29.1. The number of sulfone groups is 1. The third-order valence-electron chi connectivity index (χ3n) is 8.55. The van der Waals surface area contributed by atoms with Crippen LogP contribution in [0.2, 0.25) is 5.02 Å². The Kier molecular flexibility index (Phi) is 9.56. The molecule has 5 rings (SSSR count). The maximum absolute atomic E-state index is 12.6. The summed E-state index contributed by atoms with van der Waals surface area (Å²) >= 11 is 8.10. The fourth-order valence-electron chi connectivity index (χ4n) is 6.70. The maximum atomic E-state index is 12.6. The largest absolute Gasteiger partial charge is 0.444 e. The van der Waals surface area contributed by atoms with Gasteiger partial charge in [-0.1, -0.05) is 30.3 Å². The number of piperidine rings is 1. The van der Waals surface area contributed by atoms with Gasteiger partial charge in [0.2, 0.25) is 0 Å². The standard InChI is InChI=1S/C30H43ClN6O6S2/c1-19-24(35-27(39)43-28(2,3)4)30(17-42-19)8-11-36(12-9-30)25-20(14-38)34-22(13-33-25)44-21-7-10-32-26(23(21)31)37-15-29(5,16-37)18-45(6,40)41/h7,10,13,19,24,38H,8-9,11-12,14-18H2,1-6H3,(H,35,39)/t19-,24+/m0/s1. The van der Waals surface area contributed by atoms with Crippen LogP contribution in [0.5, 0.6) is 0 Å². The molecule has 3 aliphatic rings. The van der Waals surface area contributed by atoms with Gasteiger partial charge in [-0.25, -0.2) is 28.2 Å². The first-order chi connectivity index (χ1) is 21.0. The zero-order valence-electron chi connectivity index (χ0n) is 26.7. The van der Waals surface area contributed by atoms with Crippen LogP contribution < -0.4 is 15.1 Å². The molecule has 0 saturated carbocycles. The van der Waals surface area contributed by atoms with Crippen LogP contribution in [-0.4, -0.2) is 97.1 Å². The van der Waals surface area contributed by atoms with E-state index in [9.17, 15) is 18.3 Å². The molecule has 15 heteroatoms. The minimum Gasteiger partial charge on any atom is -0.444 e. The predicted octanol–water partition coefficient (Wildman–Crippen LogP) is 3.94. The quantitative estimate of drug-likeness (QED) is 0.416. The zero-order chi connectivity index (χ0) is 32.8. The van der Waals surface area contributed by atoms with E-state index < -0.39 is 21.5 Å². The molecule has 3 fully saturated rings. The van der Waals surface area contributed by atoms with Crippen LogP contribution in [0.25, 0.3) is 0 Å². The van der Waals surface area contributed by atoms with E-state index in [1.165, 1.54) is 18.0 Å². The Hall–Kier alpha value is -2.39. The highest BCUT2D eigenvalue weighted by atomic mass is 35.5. The van der Waals surface area contributed by atoms with Gasteiger partial charge >= 0.3 is 6.09 Å². The van der Waals surface area contributed by atoms with Crippen molar-refractivity contribution in [3.05, 3.63) is 29.2 Å². The van der Waals surface area contributed by atoms with Crippen LogP contribution in [0.4, 0.5) is 16.4 Å². The van der Waals surface area contributed by atoms with Gasteiger partial charge in [0.15, 0.2) is 5.82 Å². The summed E-state index contributed by atoms with van der Waals surface area (Å²) in [5.41, 5.74) is -0.675. The number of ether oxygens (including phenoxy) is 2. The molecule has 3 aliphatic heterocycles. The maximum Gasteiger partial charge on any atom is 0.407 e. The number of aliphatic hydroxyl groups is 1. The lowest BCUT2D eigenvalue weighted by atomic mass is 9.73. The van der Waals surface area contributed by atoms with E-state index in [-0.39, 0.29) is 35.3 Å². The molecule has 0 aromatic carbocycles. The molecule has 12 nitrogen and oxygen atoms in total. The first kappa shape index (κ1) is 34.0.